The Hall–Kier alpha value is -6.26. The van der Waals surface area contributed by atoms with Crippen molar-refractivity contribution in [3.63, 3.8) is 0 Å². The van der Waals surface area contributed by atoms with Crippen molar-refractivity contribution in [2.24, 2.45) is 15.4 Å². The maximum atomic E-state index is 5.53. The van der Waals surface area contributed by atoms with E-state index in [1.807, 2.05) is 0 Å². The molecule has 9 rings (SSSR count). The molecule has 0 bridgehead atoms. The Kier molecular flexibility index (Phi) is 6.99. The van der Waals surface area contributed by atoms with E-state index in [-0.39, 0.29) is 5.41 Å². The number of nitrogens with zero attached hydrogens (tertiary/aromatic N) is 4. The van der Waals surface area contributed by atoms with Gasteiger partial charge in [0.2, 0.25) is 0 Å². The first kappa shape index (κ1) is 29.8. The molecular weight excluding hydrogens is 609 g/mol. The van der Waals surface area contributed by atoms with Gasteiger partial charge in [-0.15, -0.1) is 0 Å². The summed E-state index contributed by atoms with van der Waals surface area (Å²) in [6, 6.07) is 49.8. The van der Waals surface area contributed by atoms with Crippen molar-refractivity contribution in [1.29, 1.82) is 0 Å². The molecule has 2 heterocycles. The second-order valence-electron chi connectivity index (χ2n) is 13.6. The summed E-state index contributed by atoms with van der Waals surface area (Å²) in [6.45, 7) is 8.82. The highest BCUT2D eigenvalue weighted by Crippen LogP contribution is 2.40. The fraction of sp³-hybridized carbons (Fsp3) is 0.0870. The van der Waals surface area contributed by atoms with E-state index in [1.54, 1.807) is 0 Å². The lowest BCUT2D eigenvalue weighted by Gasteiger charge is -2.19. The Balaban J connectivity index is 1.26. The zero-order chi connectivity index (χ0) is 33.8. The first-order valence-electron chi connectivity index (χ1n) is 17.1. The molecule has 4 heteroatoms. The molecule has 4 nitrogen and oxygen atoms in total. The predicted octanol–water partition coefficient (Wildman–Crippen LogP) is 11.6. The highest BCUT2D eigenvalue weighted by molar-refractivity contribution is 6.18. The summed E-state index contributed by atoms with van der Waals surface area (Å²) < 4.78 is 4.64. The van der Waals surface area contributed by atoms with Crippen molar-refractivity contribution in [2.75, 3.05) is 0 Å². The summed E-state index contributed by atoms with van der Waals surface area (Å²) in [7, 11) is 0. The molecule has 0 radical (unpaired) electrons. The molecule has 0 amide bonds. The topological polar surface area (TPSA) is 34.6 Å². The van der Waals surface area contributed by atoms with E-state index < -0.39 is 0 Å². The zero-order valence-corrected chi connectivity index (χ0v) is 28.2. The number of hydrogen-bond acceptors (Lipinski definition) is 2. The van der Waals surface area contributed by atoms with Crippen LogP contribution in [0, 0.1) is 5.41 Å². The van der Waals surface area contributed by atoms with Crippen molar-refractivity contribution < 1.29 is 0 Å². The van der Waals surface area contributed by atoms with Gasteiger partial charge in [-0.1, -0.05) is 129 Å². The van der Waals surface area contributed by atoms with Crippen LogP contribution in [0.2, 0.25) is 0 Å². The molecular formula is C46H36N4. The van der Waals surface area contributed by atoms with Crippen LogP contribution in [0.4, 0.5) is 0 Å². The molecule has 6 aromatic carbocycles. The third-order valence-corrected chi connectivity index (χ3v) is 10.2. The summed E-state index contributed by atoms with van der Waals surface area (Å²) >= 11 is 0. The average molecular weight is 645 g/mol. The van der Waals surface area contributed by atoms with Gasteiger partial charge in [0, 0.05) is 44.6 Å². The summed E-state index contributed by atoms with van der Waals surface area (Å²) in [4.78, 5) is 10.1. The zero-order valence-electron chi connectivity index (χ0n) is 28.2. The molecule has 0 N–H and O–H groups in total. The van der Waals surface area contributed by atoms with Gasteiger partial charge in [-0.25, -0.2) is 0 Å². The average Bonchev–Trinajstić information content (AvgIpc) is 3.83. The fourth-order valence-electron chi connectivity index (χ4n) is 7.79. The number of para-hydroxylation sites is 2. The Morgan fingerprint density at radius 1 is 0.680 bits per heavy atom. The van der Waals surface area contributed by atoms with Gasteiger partial charge in [-0.2, -0.15) is 0 Å². The summed E-state index contributed by atoms with van der Waals surface area (Å²) in [5, 5.41) is 6.11. The number of fused-ring (bicyclic) bond motifs is 6. The highest BCUT2D eigenvalue weighted by Gasteiger charge is 2.30. The van der Waals surface area contributed by atoms with Crippen LogP contribution >= 0.6 is 0 Å². The van der Waals surface area contributed by atoms with E-state index in [1.165, 1.54) is 43.5 Å². The number of aliphatic imine (C=N–C) groups is 2. The molecule has 0 spiro atoms. The fourth-order valence-corrected chi connectivity index (χ4v) is 7.79. The van der Waals surface area contributed by atoms with E-state index in [2.05, 4.69) is 193 Å². The number of rotatable bonds is 7. The molecule has 0 saturated heterocycles. The van der Waals surface area contributed by atoms with Crippen LogP contribution in [0.25, 0.3) is 60.3 Å². The first-order chi connectivity index (χ1) is 24.5. The molecule has 2 aromatic heterocycles. The molecule has 1 aliphatic carbocycles. The van der Waals surface area contributed by atoms with Crippen molar-refractivity contribution in [3.05, 3.63) is 175 Å². The monoisotopic (exact) mass is 644 g/mol. The summed E-state index contributed by atoms with van der Waals surface area (Å²) in [5.41, 5.74) is 10.7. The van der Waals surface area contributed by atoms with Crippen LogP contribution in [0.5, 0.6) is 0 Å². The number of aromatic nitrogens is 2. The maximum absolute atomic E-state index is 5.53. The van der Waals surface area contributed by atoms with Crippen molar-refractivity contribution in [3.8, 4) is 16.8 Å². The van der Waals surface area contributed by atoms with E-state index in [0.717, 1.165) is 39.3 Å². The lowest BCUT2D eigenvalue weighted by Crippen LogP contribution is -2.12. The van der Waals surface area contributed by atoms with Crippen molar-refractivity contribution >= 4 is 55.9 Å². The SMILES string of the molecule is C=NC1=C(/C(=N\Cn2c3ccccc3c3ccc4c(ccn4-c4ccccc4)c32)c2cccc(-c3cccc4ccccc34)c2)C=CC1(C)C. The van der Waals surface area contributed by atoms with Gasteiger partial charge in [-0.3, -0.25) is 9.98 Å². The Labute approximate surface area is 291 Å². The van der Waals surface area contributed by atoms with E-state index in [4.69, 9.17) is 4.99 Å². The third-order valence-electron chi connectivity index (χ3n) is 10.2. The molecule has 0 unspecified atom stereocenters. The smallest absolute Gasteiger partial charge is 0.115 e. The number of allylic oxidation sites excluding steroid dienone is 3. The summed E-state index contributed by atoms with van der Waals surface area (Å²) in [5.74, 6) is 0. The molecule has 50 heavy (non-hydrogen) atoms. The van der Waals surface area contributed by atoms with Gasteiger partial charge >= 0.3 is 0 Å². The molecule has 8 aromatic rings. The van der Waals surface area contributed by atoms with Crippen LogP contribution in [0.3, 0.4) is 0 Å². The minimum Gasteiger partial charge on any atom is -0.320 e. The molecule has 0 fully saturated rings. The predicted molar refractivity (Wildman–Crippen MR) is 212 cm³/mol. The van der Waals surface area contributed by atoms with Crippen LogP contribution in [-0.4, -0.2) is 21.6 Å². The Morgan fingerprint density at radius 2 is 1.44 bits per heavy atom. The van der Waals surface area contributed by atoms with Crippen LogP contribution in [0.1, 0.15) is 19.4 Å². The number of benzene rings is 6. The van der Waals surface area contributed by atoms with Gasteiger partial charge in [0.25, 0.3) is 0 Å². The third kappa shape index (κ3) is 4.75. The van der Waals surface area contributed by atoms with Gasteiger partial charge in [0.05, 0.1) is 28.0 Å². The molecule has 0 atom stereocenters. The second-order valence-corrected chi connectivity index (χ2v) is 13.6. The normalized spacial score (nSPS) is 14.5. The lowest BCUT2D eigenvalue weighted by atomic mass is 9.90. The quantitative estimate of drug-likeness (QED) is 0.155. The van der Waals surface area contributed by atoms with E-state index >= 15 is 0 Å². The Bertz CT molecular complexity index is 2710. The molecule has 1 aliphatic rings. The minimum absolute atomic E-state index is 0.246. The minimum atomic E-state index is -0.246. The second kappa shape index (κ2) is 11.7. The van der Waals surface area contributed by atoms with Gasteiger partial charge in [-0.05, 0) is 65.0 Å². The van der Waals surface area contributed by atoms with E-state index in [0.29, 0.717) is 6.67 Å². The Morgan fingerprint density at radius 3 is 2.30 bits per heavy atom. The maximum Gasteiger partial charge on any atom is 0.115 e. The standard InChI is InChI=1S/C46H36N4/c1-46(2)27-25-40(45(46)47-3)43(33-16-11-15-32(29-33)36-21-12-14-31-13-7-8-19-35(31)36)48-30-50-41-22-10-9-20-37(41)38-23-24-42-39(44(38)50)26-28-49(42)34-17-5-4-6-18-34/h4-29H,3,30H2,1-2H3/b48-43-. The summed E-state index contributed by atoms with van der Waals surface area (Å²) in [6.07, 6.45) is 6.57. The number of hydrogen-bond donors (Lipinski definition) is 0. The van der Waals surface area contributed by atoms with Crippen LogP contribution in [-0.2, 0) is 6.67 Å². The van der Waals surface area contributed by atoms with Gasteiger partial charge in [0.1, 0.15) is 6.67 Å². The van der Waals surface area contributed by atoms with Crippen molar-refractivity contribution in [2.45, 2.75) is 20.5 Å². The lowest BCUT2D eigenvalue weighted by molar-refractivity contribution is 0.584. The van der Waals surface area contributed by atoms with Crippen LogP contribution < -0.4 is 0 Å². The largest absolute Gasteiger partial charge is 0.320 e. The molecule has 240 valence electrons. The van der Waals surface area contributed by atoms with Crippen molar-refractivity contribution in [1.82, 2.24) is 9.13 Å². The van der Waals surface area contributed by atoms with Crippen LogP contribution in [0.15, 0.2) is 179 Å². The molecule has 0 saturated carbocycles. The van der Waals surface area contributed by atoms with Gasteiger partial charge in [0.15, 0.2) is 0 Å². The van der Waals surface area contributed by atoms with Gasteiger partial charge < -0.3 is 9.13 Å². The molecule has 0 aliphatic heterocycles. The highest BCUT2D eigenvalue weighted by atomic mass is 15.1. The van der Waals surface area contributed by atoms with E-state index in [9.17, 15) is 0 Å². The first-order valence-corrected chi connectivity index (χ1v) is 17.1.